The first-order valence-corrected chi connectivity index (χ1v) is 11.0. The molecule has 1 saturated heterocycles. The lowest BCUT2D eigenvalue weighted by Crippen LogP contribution is -2.42. The van der Waals surface area contributed by atoms with Crippen LogP contribution in [0.5, 0.6) is 5.75 Å². The van der Waals surface area contributed by atoms with Gasteiger partial charge in [0.25, 0.3) is 11.8 Å². The number of methoxy groups -OCH3 is 1. The first kappa shape index (κ1) is 22.8. The molecule has 3 rings (SSSR count). The second-order valence-corrected chi connectivity index (χ2v) is 8.10. The molecule has 2 heterocycles. The number of carbonyl (C=O) groups excluding carboxylic acids is 2. The van der Waals surface area contributed by atoms with E-state index in [1.165, 1.54) is 32.4 Å². The maximum atomic E-state index is 13.2. The van der Waals surface area contributed by atoms with Crippen molar-refractivity contribution in [3.8, 4) is 5.75 Å². The fraction of sp³-hybridized carbons (Fsp3) is 0.522. The molecular formula is C23H33N5O3. The number of benzene rings is 1. The number of primary amides is 1. The highest BCUT2D eigenvalue weighted by atomic mass is 16.5. The molecule has 1 aromatic carbocycles. The lowest BCUT2D eigenvalue weighted by atomic mass is 9.98. The first-order chi connectivity index (χ1) is 15.0. The smallest absolute Gasteiger partial charge is 0.270 e. The van der Waals surface area contributed by atoms with Gasteiger partial charge in [-0.1, -0.05) is 6.42 Å². The maximum Gasteiger partial charge on any atom is 0.270 e. The second kappa shape index (κ2) is 10.9. The quantitative estimate of drug-likeness (QED) is 0.392. The van der Waals surface area contributed by atoms with Gasteiger partial charge in [0, 0.05) is 24.4 Å². The molecule has 4 N–H and O–H groups in total. The number of nitrogens with zero attached hydrogens (tertiary/aromatic N) is 2. The summed E-state index contributed by atoms with van der Waals surface area (Å²) in [5, 5.41) is 11.2. The highest BCUT2D eigenvalue weighted by molar-refractivity contribution is 6.44. The molecule has 0 atom stereocenters. The van der Waals surface area contributed by atoms with Crippen LogP contribution in [-0.4, -0.2) is 67.2 Å². The monoisotopic (exact) mass is 427 g/mol. The Morgan fingerprint density at radius 1 is 1.10 bits per heavy atom. The van der Waals surface area contributed by atoms with Crippen LogP contribution in [0.4, 0.5) is 5.69 Å². The third-order valence-corrected chi connectivity index (χ3v) is 5.94. The van der Waals surface area contributed by atoms with Crippen LogP contribution in [0.1, 0.15) is 38.5 Å². The van der Waals surface area contributed by atoms with Gasteiger partial charge < -0.3 is 25.6 Å². The third kappa shape index (κ3) is 6.07. The molecule has 0 saturated carbocycles. The summed E-state index contributed by atoms with van der Waals surface area (Å²) in [6.07, 6.45) is 6.31. The van der Waals surface area contributed by atoms with Crippen molar-refractivity contribution in [1.82, 2.24) is 9.80 Å². The van der Waals surface area contributed by atoms with Gasteiger partial charge in [-0.05, 0) is 76.0 Å². The zero-order valence-corrected chi connectivity index (χ0v) is 18.3. The number of unbranched alkanes of at least 4 members (excludes halogenated alkanes) is 1. The predicted molar refractivity (Wildman–Crippen MR) is 121 cm³/mol. The molecule has 0 aromatic heterocycles. The average molecular weight is 428 g/mol. The molecule has 168 valence electrons. The van der Waals surface area contributed by atoms with Crippen LogP contribution in [0, 0.1) is 5.41 Å². The number of anilines is 1. The lowest BCUT2D eigenvalue weighted by molar-refractivity contribution is -0.127. The minimum Gasteiger partial charge on any atom is -0.497 e. The van der Waals surface area contributed by atoms with Gasteiger partial charge in [-0.15, -0.1) is 0 Å². The van der Waals surface area contributed by atoms with E-state index < -0.39 is 5.91 Å². The van der Waals surface area contributed by atoms with Gasteiger partial charge >= 0.3 is 0 Å². The van der Waals surface area contributed by atoms with Crippen molar-refractivity contribution in [2.45, 2.75) is 38.5 Å². The van der Waals surface area contributed by atoms with Crippen molar-refractivity contribution >= 4 is 23.2 Å². The molecule has 2 aliphatic rings. The van der Waals surface area contributed by atoms with Crippen LogP contribution in [0.2, 0.25) is 0 Å². The van der Waals surface area contributed by atoms with E-state index in [9.17, 15) is 9.59 Å². The molecule has 0 spiro atoms. The maximum absolute atomic E-state index is 13.2. The average Bonchev–Trinajstić information content (AvgIpc) is 2.79. The van der Waals surface area contributed by atoms with Crippen LogP contribution >= 0.6 is 0 Å². The fourth-order valence-corrected chi connectivity index (χ4v) is 4.14. The van der Waals surface area contributed by atoms with Crippen LogP contribution in [0.3, 0.4) is 0 Å². The number of carbonyl (C=O) groups is 2. The number of likely N-dealkylation sites (tertiary alicyclic amines) is 1. The van der Waals surface area contributed by atoms with E-state index in [2.05, 4.69) is 10.2 Å². The Morgan fingerprint density at radius 3 is 2.42 bits per heavy atom. The largest absolute Gasteiger partial charge is 0.497 e. The molecule has 0 bridgehead atoms. The summed E-state index contributed by atoms with van der Waals surface area (Å²) in [5.41, 5.74) is 6.35. The van der Waals surface area contributed by atoms with Crippen LogP contribution in [-0.2, 0) is 9.59 Å². The minimum absolute atomic E-state index is 0.193. The Morgan fingerprint density at radius 2 is 1.77 bits per heavy atom. The van der Waals surface area contributed by atoms with E-state index in [1.807, 2.05) is 0 Å². The van der Waals surface area contributed by atoms with Gasteiger partial charge in [-0.2, -0.15) is 0 Å². The number of rotatable bonds is 10. The summed E-state index contributed by atoms with van der Waals surface area (Å²) in [6, 6.07) is 7.16. The van der Waals surface area contributed by atoms with Crippen molar-refractivity contribution in [2.24, 2.45) is 5.73 Å². The summed E-state index contributed by atoms with van der Waals surface area (Å²) in [7, 11) is 1.59. The zero-order valence-electron chi connectivity index (χ0n) is 18.3. The standard InChI is InChI=1S/C23H33N5O3/c1-31-18-9-7-17(8-10-18)26-21-19(20(24)22(25)29)11-16-28(23(21)30)15-6-5-14-27-12-3-2-4-13-27/h7-10,24,26H,2-6,11-16H2,1H3,(H2,25,29). The second-order valence-electron chi connectivity index (χ2n) is 8.10. The summed E-state index contributed by atoms with van der Waals surface area (Å²) < 4.78 is 5.17. The highest BCUT2D eigenvalue weighted by Gasteiger charge is 2.30. The normalized spacial score (nSPS) is 17.6. The van der Waals surface area contributed by atoms with Crippen molar-refractivity contribution in [2.75, 3.05) is 45.2 Å². The van der Waals surface area contributed by atoms with Gasteiger partial charge in [-0.3, -0.25) is 15.0 Å². The number of piperidine rings is 1. The molecule has 2 amide bonds. The van der Waals surface area contributed by atoms with E-state index in [0.717, 1.165) is 19.4 Å². The molecule has 1 fully saturated rings. The van der Waals surface area contributed by atoms with E-state index in [4.69, 9.17) is 15.9 Å². The third-order valence-electron chi connectivity index (χ3n) is 5.94. The van der Waals surface area contributed by atoms with E-state index in [1.54, 1.807) is 36.3 Å². The molecular weight excluding hydrogens is 394 g/mol. The Hall–Kier alpha value is -2.87. The Bertz CT molecular complexity index is 828. The number of hydrogen-bond donors (Lipinski definition) is 3. The molecule has 2 aliphatic heterocycles. The Balaban J connectivity index is 1.65. The zero-order chi connectivity index (χ0) is 22.2. The SMILES string of the molecule is COc1ccc(NC2=C(C(=N)C(N)=O)CCN(CCCCN3CCCCC3)C2=O)cc1. The molecule has 0 aliphatic carbocycles. The van der Waals surface area contributed by atoms with E-state index in [-0.39, 0.29) is 17.3 Å². The van der Waals surface area contributed by atoms with E-state index >= 15 is 0 Å². The number of hydrogen-bond acceptors (Lipinski definition) is 6. The number of nitrogens with one attached hydrogen (secondary N) is 2. The van der Waals surface area contributed by atoms with Gasteiger partial charge in [0.1, 0.15) is 17.2 Å². The molecule has 0 unspecified atom stereocenters. The predicted octanol–water partition coefficient (Wildman–Crippen LogP) is 2.36. The van der Waals surface area contributed by atoms with E-state index in [0.29, 0.717) is 36.5 Å². The van der Waals surface area contributed by atoms with Gasteiger partial charge in [-0.25, -0.2) is 0 Å². The summed E-state index contributed by atoms with van der Waals surface area (Å²) in [4.78, 5) is 29.1. The number of amides is 2. The molecule has 8 heteroatoms. The van der Waals surface area contributed by atoms with Crippen LogP contribution in [0.15, 0.2) is 35.5 Å². The minimum atomic E-state index is -0.827. The van der Waals surface area contributed by atoms with Crippen LogP contribution in [0.25, 0.3) is 0 Å². The molecule has 8 nitrogen and oxygen atoms in total. The van der Waals surface area contributed by atoms with Gasteiger partial charge in [0.05, 0.1) is 7.11 Å². The Labute approximate surface area is 183 Å². The van der Waals surface area contributed by atoms with Gasteiger partial charge in [0.2, 0.25) is 0 Å². The molecule has 0 radical (unpaired) electrons. The molecule has 31 heavy (non-hydrogen) atoms. The highest BCUT2D eigenvalue weighted by Crippen LogP contribution is 2.24. The summed E-state index contributed by atoms with van der Waals surface area (Å²) in [6.45, 7) is 4.59. The number of ether oxygens (including phenoxy) is 1. The van der Waals surface area contributed by atoms with Crippen LogP contribution < -0.4 is 15.8 Å². The van der Waals surface area contributed by atoms with Crippen molar-refractivity contribution in [3.63, 3.8) is 0 Å². The summed E-state index contributed by atoms with van der Waals surface area (Å²) >= 11 is 0. The molecule has 1 aromatic rings. The topological polar surface area (TPSA) is 112 Å². The first-order valence-electron chi connectivity index (χ1n) is 11.0. The van der Waals surface area contributed by atoms with Crippen molar-refractivity contribution < 1.29 is 14.3 Å². The lowest BCUT2D eigenvalue weighted by Gasteiger charge is -2.31. The van der Waals surface area contributed by atoms with Crippen molar-refractivity contribution in [3.05, 3.63) is 35.5 Å². The fourth-order valence-electron chi connectivity index (χ4n) is 4.14. The van der Waals surface area contributed by atoms with Crippen molar-refractivity contribution in [1.29, 1.82) is 5.41 Å². The van der Waals surface area contributed by atoms with Gasteiger partial charge in [0.15, 0.2) is 0 Å². The Kier molecular flexibility index (Phi) is 8.06. The summed E-state index contributed by atoms with van der Waals surface area (Å²) in [5.74, 6) is -0.317. The number of nitrogens with two attached hydrogens (primary N) is 1.